The van der Waals surface area contributed by atoms with Gasteiger partial charge in [0.1, 0.15) is 12.4 Å². The van der Waals surface area contributed by atoms with Gasteiger partial charge in [-0.2, -0.15) is 0 Å². The Bertz CT molecular complexity index is 1010. The number of nitrogens with zero attached hydrogens (tertiary/aromatic N) is 1. The number of rotatable bonds is 5. The molecule has 0 radical (unpaired) electrons. The van der Waals surface area contributed by atoms with E-state index in [9.17, 15) is 14.9 Å². The van der Waals surface area contributed by atoms with Gasteiger partial charge in [-0.05, 0) is 42.0 Å². The Morgan fingerprint density at radius 3 is 2.59 bits per heavy atom. The van der Waals surface area contributed by atoms with Gasteiger partial charge < -0.3 is 18.6 Å². The van der Waals surface area contributed by atoms with E-state index in [4.69, 9.17) is 18.6 Å². The van der Waals surface area contributed by atoms with Crippen LogP contribution in [0.25, 0.3) is 11.3 Å². The predicted molar refractivity (Wildman–Crippen MR) is 92.5 cm³/mol. The van der Waals surface area contributed by atoms with Gasteiger partial charge in [0.05, 0.1) is 4.92 Å². The summed E-state index contributed by atoms with van der Waals surface area (Å²) in [7, 11) is 0. The molecule has 8 heteroatoms. The van der Waals surface area contributed by atoms with Crippen LogP contribution in [0, 0.1) is 10.1 Å². The summed E-state index contributed by atoms with van der Waals surface area (Å²) in [4.78, 5) is 22.4. The lowest BCUT2D eigenvalue weighted by Gasteiger charge is -2.04. The van der Waals surface area contributed by atoms with Crippen molar-refractivity contribution < 1.29 is 28.3 Å². The van der Waals surface area contributed by atoms with E-state index in [1.807, 2.05) is 0 Å². The molecule has 1 aliphatic heterocycles. The Balaban J connectivity index is 1.42. The fraction of sp³-hybridized carbons (Fsp3) is 0.105. The number of hydrogen-bond acceptors (Lipinski definition) is 7. The summed E-state index contributed by atoms with van der Waals surface area (Å²) in [6.07, 6.45) is 0. The van der Waals surface area contributed by atoms with Crippen molar-refractivity contribution in [3.05, 3.63) is 76.0 Å². The molecule has 0 unspecified atom stereocenters. The van der Waals surface area contributed by atoms with E-state index < -0.39 is 10.9 Å². The van der Waals surface area contributed by atoms with Crippen molar-refractivity contribution in [2.24, 2.45) is 0 Å². The van der Waals surface area contributed by atoms with E-state index in [1.54, 1.807) is 36.4 Å². The van der Waals surface area contributed by atoms with Gasteiger partial charge in [-0.3, -0.25) is 10.1 Å². The van der Waals surface area contributed by atoms with Crippen molar-refractivity contribution in [3.63, 3.8) is 0 Å². The molecule has 0 aliphatic carbocycles. The first-order valence-electron chi connectivity index (χ1n) is 8.00. The van der Waals surface area contributed by atoms with Gasteiger partial charge in [-0.25, -0.2) is 4.79 Å². The number of nitro benzene ring substituents is 1. The smallest absolute Gasteiger partial charge is 0.374 e. The van der Waals surface area contributed by atoms with Crippen molar-refractivity contribution in [1.82, 2.24) is 0 Å². The number of furan rings is 1. The van der Waals surface area contributed by atoms with Gasteiger partial charge in [-0.1, -0.05) is 6.07 Å². The molecule has 2 heterocycles. The molecule has 0 N–H and O–H groups in total. The molecule has 2 aromatic carbocycles. The molecule has 1 aliphatic rings. The van der Waals surface area contributed by atoms with Crippen molar-refractivity contribution >= 4 is 11.7 Å². The topological polar surface area (TPSA) is 101 Å². The number of hydrogen-bond donors (Lipinski definition) is 0. The zero-order chi connectivity index (χ0) is 18.8. The average molecular weight is 367 g/mol. The Hall–Kier alpha value is -3.81. The summed E-state index contributed by atoms with van der Waals surface area (Å²) in [5, 5.41) is 10.7. The van der Waals surface area contributed by atoms with Gasteiger partial charge in [0.25, 0.3) is 5.69 Å². The van der Waals surface area contributed by atoms with Crippen LogP contribution >= 0.6 is 0 Å². The van der Waals surface area contributed by atoms with Crippen LogP contribution in [0.3, 0.4) is 0 Å². The van der Waals surface area contributed by atoms with Crippen LogP contribution in [0.15, 0.2) is 59.0 Å². The number of ether oxygens (including phenoxy) is 3. The molecule has 0 spiro atoms. The number of nitro groups is 1. The van der Waals surface area contributed by atoms with Crippen molar-refractivity contribution in [3.8, 4) is 22.8 Å². The lowest BCUT2D eigenvalue weighted by molar-refractivity contribution is -0.384. The molecular weight excluding hydrogens is 354 g/mol. The van der Waals surface area contributed by atoms with Crippen LogP contribution in [-0.4, -0.2) is 17.7 Å². The fourth-order valence-corrected chi connectivity index (χ4v) is 2.60. The summed E-state index contributed by atoms with van der Waals surface area (Å²) in [5.41, 5.74) is 1.36. The van der Waals surface area contributed by atoms with Gasteiger partial charge >= 0.3 is 5.97 Å². The quantitative estimate of drug-likeness (QED) is 0.382. The van der Waals surface area contributed by atoms with Crippen LogP contribution in [-0.2, 0) is 11.3 Å². The van der Waals surface area contributed by atoms with Crippen molar-refractivity contribution in [2.75, 3.05) is 6.79 Å². The third-order valence-electron chi connectivity index (χ3n) is 3.98. The second kappa shape index (κ2) is 6.83. The highest BCUT2D eigenvalue weighted by molar-refractivity contribution is 5.87. The van der Waals surface area contributed by atoms with E-state index >= 15 is 0 Å². The molecule has 0 saturated heterocycles. The van der Waals surface area contributed by atoms with Crippen molar-refractivity contribution in [1.29, 1.82) is 0 Å². The van der Waals surface area contributed by atoms with Crippen LogP contribution in [0.1, 0.15) is 16.1 Å². The third-order valence-corrected chi connectivity index (χ3v) is 3.98. The number of esters is 1. The second-order valence-electron chi connectivity index (χ2n) is 5.73. The number of benzene rings is 2. The van der Waals surface area contributed by atoms with E-state index in [0.717, 1.165) is 5.56 Å². The highest BCUT2D eigenvalue weighted by atomic mass is 16.7. The SMILES string of the molecule is O=C(OCc1ccc2c(c1)OCO2)c1ccc(-c2ccc([N+](=O)[O-])cc2)o1. The van der Waals surface area contributed by atoms with Gasteiger partial charge in [0.2, 0.25) is 12.6 Å². The van der Waals surface area contributed by atoms with E-state index in [-0.39, 0.29) is 24.8 Å². The molecule has 27 heavy (non-hydrogen) atoms. The molecule has 1 aromatic heterocycles. The van der Waals surface area contributed by atoms with Gasteiger partial charge in [0, 0.05) is 17.7 Å². The average Bonchev–Trinajstić information content (AvgIpc) is 3.35. The van der Waals surface area contributed by atoms with Crippen molar-refractivity contribution in [2.45, 2.75) is 6.61 Å². The Kier molecular flexibility index (Phi) is 4.21. The first-order chi connectivity index (χ1) is 13.1. The molecule has 136 valence electrons. The predicted octanol–water partition coefficient (Wildman–Crippen LogP) is 3.94. The first kappa shape index (κ1) is 16.6. The molecule has 4 rings (SSSR count). The first-order valence-corrected chi connectivity index (χ1v) is 8.00. The maximum Gasteiger partial charge on any atom is 0.374 e. The molecule has 0 bridgehead atoms. The molecule has 8 nitrogen and oxygen atoms in total. The number of fused-ring (bicyclic) bond motifs is 1. The minimum Gasteiger partial charge on any atom is -0.455 e. The molecule has 0 atom stereocenters. The van der Waals surface area contributed by atoms with E-state index in [0.29, 0.717) is 22.8 Å². The highest BCUT2D eigenvalue weighted by Gasteiger charge is 2.17. The number of carbonyl (C=O) groups is 1. The Labute approximate surface area is 153 Å². The number of carbonyl (C=O) groups excluding carboxylic acids is 1. The lowest BCUT2D eigenvalue weighted by atomic mass is 10.1. The van der Waals surface area contributed by atoms with E-state index in [2.05, 4.69) is 0 Å². The van der Waals surface area contributed by atoms with Crippen LogP contribution in [0.2, 0.25) is 0 Å². The maximum absolute atomic E-state index is 12.2. The third kappa shape index (κ3) is 3.45. The fourth-order valence-electron chi connectivity index (χ4n) is 2.60. The standard InChI is InChI=1S/C19H13NO7/c21-19(24-10-12-1-6-16-18(9-12)26-11-25-16)17-8-7-15(27-17)13-2-4-14(5-3-13)20(22)23/h1-9H,10-11H2. The van der Waals surface area contributed by atoms with Crippen LogP contribution in [0.5, 0.6) is 11.5 Å². The molecule has 0 amide bonds. The monoisotopic (exact) mass is 367 g/mol. The summed E-state index contributed by atoms with van der Waals surface area (Å²) in [6, 6.07) is 14.2. The van der Waals surface area contributed by atoms with Crippen LogP contribution < -0.4 is 9.47 Å². The van der Waals surface area contributed by atoms with Gasteiger partial charge in [0.15, 0.2) is 11.5 Å². The number of non-ortho nitro benzene ring substituents is 1. The largest absolute Gasteiger partial charge is 0.455 e. The van der Waals surface area contributed by atoms with Gasteiger partial charge in [-0.15, -0.1) is 0 Å². The molecule has 0 saturated carbocycles. The second-order valence-corrected chi connectivity index (χ2v) is 5.73. The Morgan fingerprint density at radius 2 is 1.81 bits per heavy atom. The maximum atomic E-state index is 12.2. The molecular formula is C19H13NO7. The summed E-state index contributed by atoms with van der Waals surface area (Å²) in [6.45, 7) is 0.236. The molecule has 0 fully saturated rings. The summed E-state index contributed by atoms with van der Waals surface area (Å²) in [5.74, 6) is 1.12. The highest BCUT2D eigenvalue weighted by Crippen LogP contribution is 2.32. The minimum atomic E-state index is -0.610. The minimum absolute atomic E-state index is 0.0198. The molecule has 3 aromatic rings. The summed E-state index contributed by atoms with van der Waals surface area (Å²) >= 11 is 0. The normalized spacial score (nSPS) is 12.0. The van der Waals surface area contributed by atoms with E-state index in [1.165, 1.54) is 18.2 Å². The zero-order valence-electron chi connectivity index (χ0n) is 13.9. The Morgan fingerprint density at radius 1 is 1.04 bits per heavy atom. The summed E-state index contributed by atoms with van der Waals surface area (Å²) < 4.78 is 21.3. The zero-order valence-corrected chi connectivity index (χ0v) is 13.9. The van der Waals surface area contributed by atoms with Crippen LogP contribution in [0.4, 0.5) is 5.69 Å². The lowest BCUT2D eigenvalue weighted by Crippen LogP contribution is -2.03.